The molecule has 1 aliphatic rings. The second-order valence-electron chi connectivity index (χ2n) is 3.51. The molecule has 1 saturated carbocycles. The lowest BCUT2D eigenvalue weighted by Crippen LogP contribution is -2.18. The lowest BCUT2D eigenvalue weighted by atomic mass is 10.1. The Hall–Kier alpha value is -0.670. The summed E-state index contributed by atoms with van der Waals surface area (Å²) >= 11 is 1.55. The number of aromatic hydroxyl groups is 1. The Morgan fingerprint density at radius 1 is 1.46 bits per heavy atom. The van der Waals surface area contributed by atoms with E-state index in [0.717, 1.165) is 23.3 Å². The van der Waals surface area contributed by atoms with E-state index < -0.39 is 0 Å². The normalized spacial score (nSPS) is 18.6. The minimum absolute atomic E-state index is 0.240. The van der Waals surface area contributed by atoms with E-state index in [4.69, 9.17) is 5.73 Å². The molecule has 0 atom stereocenters. The van der Waals surface area contributed by atoms with Gasteiger partial charge in [0.25, 0.3) is 0 Å². The molecular weight excluding hydrogens is 182 g/mol. The SMILES string of the molecule is CSc1cccc(C2(N)CC2)c1O. The molecule has 0 amide bonds. The van der Waals surface area contributed by atoms with E-state index in [1.165, 1.54) is 0 Å². The molecule has 2 nitrogen and oxygen atoms in total. The quantitative estimate of drug-likeness (QED) is 0.710. The third-order valence-electron chi connectivity index (χ3n) is 2.54. The molecule has 2 rings (SSSR count). The number of thioether (sulfide) groups is 1. The third-order valence-corrected chi connectivity index (χ3v) is 3.31. The van der Waals surface area contributed by atoms with Gasteiger partial charge in [-0.3, -0.25) is 0 Å². The zero-order valence-electron chi connectivity index (χ0n) is 7.58. The molecule has 1 aliphatic carbocycles. The van der Waals surface area contributed by atoms with Crippen molar-refractivity contribution in [3.8, 4) is 5.75 Å². The first-order valence-electron chi connectivity index (χ1n) is 4.33. The van der Waals surface area contributed by atoms with E-state index in [-0.39, 0.29) is 5.54 Å². The molecule has 3 N–H and O–H groups in total. The summed E-state index contributed by atoms with van der Waals surface area (Å²) in [4.78, 5) is 0.911. The maximum absolute atomic E-state index is 9.86. The Labute approximate surface area is 82.1 Å². The molecule has 13 heavy (non-hydrogen) atoms. The fourth-order valence-electron chi connectivity index (χ4n) is 1.49. The Morgan fingerprint density at radius 2 is 2.15 bits per heavy atom. The molecule has 1 aromatic carbocycles. The van der Waals surface area contributed by atoms with Gasteiger partial charge in [-0.2, -0.15) is 0 Å². The van der Waals surface area contributed by atoms with Crippen LogP contribution in [0.25, 0.3) is 0 Å². The van der Waals surface area contributed by atoms with Crippen LogP contribution in [0.15, 0.2) is 23.1 Å². The third kappa shape index (κ3) is 1.42. The van der Waals surface area contributed by atoms with Crippen LogP contribution in [0, 0.1) is 0 Å². The summed E-state index contributed by atoms with van der Waals surface area (Å²) in [6.45, 7) is 0. The first-order valence-corrected chi connectivity index (χ1v) is 5.55. The lowest BCUT2D eigenvalue weighted by Gasteiger charge is -2.13. The van der Waals surface area contributed by atoms with Crippen molar-refractivity contribution in [2.24, 2.45) is 5.73 Å². The maximum atomic E-state index is 9.86. The number of nitrogens with two attached hydrogens (primary N) is 1. The van der Waals surface area contributed by atoms with Gasteiger partial charge >= 0.3 is 0 Å². The second kappa shape index (κ2) is 2.93. The van der Waals surface area contributed by atoms with Gasteiger partial charge in [-0.15, -0.1) is 11.8 Å². The summed E-state index contributed by atoms with van der Waals surface area (Å²) < 4.78 is 0. The van der Waals surface area contributed by atoms with Crippen molar-refractivity contribution in [1.29, 1.82) is 0 Å². The van der Waals surface area contributed by atoms with Crippen LogP contribution in [0.3, 0.4) is 0 Å². The highest BCUT2D eigenvalue weighted by atomic mass is 32.2. The highest BCUT2D eigenvalue weighted by molar-refractivity contribution is 7.98. The van der Waals surface area contributed by atoms with Gasteiger partial charge in [-0.05, 0) is 25.2 Å². The highest BCUT2D eigenvalue weighted by Crippen LogP contribution is 2.48. The van der Waals surface area contributed by atoms with Crippen molar-refractivity contribution in [1.82, 2.24) is 0 Å². The molecular formula is C10H13NOS. The second-order valence-corrected chi connectivity index (χ2v) is 4.36. The standard InChI is InChI=1S/C10H13NOS/c1-13-8-4-2-3-7(9(8)12)10(11)5-6-10/h2-4,12H,5-6,11H2,1H3. The van der Waals surface area contributed by atoms with E-state index in [9.17, 15) is 5.11 Å². The van der Waals surface area contributed by atoms with Crippen LogP contribution >= 0.6 is 11.8 Å². The molecule has 1 fully saturated rings. The van der Waals surface area contributed by atoms with Crippen LogP contribution in [0.5, 0.6) is 5.75 Å². The van der Waals surface area contributed by atoms with Gasteiger partial charge < -0.3 is 10.8 Å². The first kappa shape index (κ1) is 8.91. The molecule has 70 valence electrons. The number of rotatable bonds is 2. The van der Waals surface area contributed by atoms with Crippen molar-refractivity contribution < 1.29 is 5.11 Å². The number of para-hydroxylation sites is 1. The number of benzene rings is 1. The van der Waals surface area contributed by atoms with E-state index in [1.807, 2.05) is 24.5 Å². The first-order chi connectivity index (χ1) is 6.17. The van der Waals surface area contributed by atoms with Crippen LogP contribution in [-0.2, 0) is 5.54 Å². The summed E-state index contributed by atoms with van der Waals surface area (Å²) in [5.74, 6) is 0.370. The molecule has 3 heteroatoms. The molecule has 0 saturated heterocycles. The van der Waals surface area contributed by atoms with Gasteiger partial charge in [0.1, 0.15) is 5.75 Å². The molecule has 0 radical (unpaired) electrons. The van der Waals surface area contributed by atoms with Gasteiger partial charge in [-0.25, -0.2) is 0 Å². The van der Waals surface area contributed by atoms with Crippen LogP contribution in [0.2, 0.25) is 0 Å². The topological polar surface area (TPSA) is 46.2 Å². The summed E-state index contributed by atoms with van der Waals surface area (Å²) in [7, 11) is 0. The Morgan fingerprint density at radius 3 is 2.69 bits per heavy atom. The Bertz CT molecular complexity index is 334. The highest BCUT2D eigenvalue weighted by Gasteiger charge is 2.42. The largest absolute Gasteiger partial charge is 0.506 e. The van der Waals surface area contributed by atoms with Crippen LogP contribution < -0.4 is 5.73 Å². The van der Waals surface area contributed by atoms with Gasteiger partial charge in [0.15, 0.2) is 0 Å². The number of hydrogen-bond donors (Lipinski definition) is 2. The monoisotopic (exact) mass is 195 g/mol. The summed E-state index contributed by atoms with van der Waals surface area (Å²) in [5, 5.41) is 9.86. The van der Waals surface area contributed by atoms with Crippen LogP contribution in [-0.4, -0.2) is 11.4 Å². The van der Waals surface area contributed by atoms with Crippen molar-refractivity contribution >= 4 is 11.8 Å². The molecule has 0 spiro atoms. The molecule has 0 bridgehead atoms. The van der Waals surface area contributed by atoms with Crippen molar-refractivity contribution in [3.05, 3.63) is 23.8 Å². The fourth-order valence-corrected chi connectivity index (χ4v) is 2.01. The Kier molecular flexibility index (Phi) is 2.00. The summed E-state index contributed by atoms with van der Waals surface area (Å²) in [5.41, 5.74) is 6.68. The molecule has 0 aliphatic heterocycles. The van der Waals surface area contributed by atoms with Gasteiger partial charge in [0.2, 0.25) is 0 Å². The summed E-state index contributed by atoms with van der Waals surface area (Å²) in [6, 6.07) is 5.78. The number of phenolic OH excluding ortho intramolecular Hbond substituents is 1. The molecule has 0 unspecified atom stereocenters. The predicted molar refractivity (Wildman–Crippen MR) is 55.0 cm³/mol. The van der Waals surface area contributed by atoms with Gasteiger partial charge in [-0.1, -0.05) is 12.1 Å². The lowest BCUT2D eigenvalue weighted by molar-refractivity contribution is 0.447. The maximum Gasteiger partial charge on any atom is 0.134 e. The zero-order valence-corrected chi connectivity index (χ0v) is 8.40. The van der Waals surface area contributed by atoms with Crippen LogP contribution in [0.1, 0.15) is 18.4 Å². The average Bonchev–Trinajstić information content (AvgIpc) is 2.85. The molecule has 0 heterocycles. The van der Waals surface area contributed by atoms with E-state index in [2.05, 4.69) is 0 Å². The zero-order chi connectivity index (χ0) is 9.47. The van der Waals surface area contributed by atoms with Crippen molar-refractivity contribution in [2.45, 2.75) is 23.3 Å². The fraction of sp³-hybridized carbons (Fsp3) is 0.400. The average molecular weight is 195 g/mol. The summed E-state index contributed by atoms with van der Waals surface area (Å²) in [6.07, 6.45) is 3.92. The predicted octanol–water partition coefficient (Wildman–Crippen LogP) is 2.06. The van der Waals surface area contributed by atoms with E-state index in [0.29, 0.717) is 5.75 Å². The van der Waals surface area contributed by atoms with Gasteiger partial charge in [0, 0.05) is 16.0 Å². The molecule has 0 aromatic heterocycles. The Balaban J connectivity index is 2.46. The minimum Gasteiger partial charge on any atom is -0.506 e. The smallest absolute Gasteiger partial charge is 0.134 e. The van der Waals surface area contributed by atoms with Crippen molar-refractivity contribution in [3.63, 3.8) is 0 Å². The van der Waals surface area contributed by atoms with E-state index in [1.54, 1.807) is 11.8 Å². The van der Waals surface area contributed by atoms with Crippen molar-refractivity contribution in [2.75, 3.05) is 6.26 Å². The van der Waals surface area contributed by atoms with Gasteiger partial charge in [0.05, 0.1) is 0 Å². The number of hydrogen-bond acceptors (Lipinski definition) is 3. The molecule has 1 aromatic rings. The minimum atomic E-state index is -0.240. The van der Waals surface area contributed by atoms with Crippen LogP contribution in [0.4, 0.5) is 0 Å². The van der Waals surface area contributed by atoms with E-state index >= 15 is 0 Å². The number of phenols is 1.